The van der Waals surface area contributed by atoms with Crippen molar-refractivity contribution in [2.45, 2.75) is 228 Å². The molecule has 4 saturated heterocycles. The minimum atomic E-state index is -1.93. The molecule has 0 aromatic rings. The van der Waals surface area contributed by atoms with Crippen LogP contribution >= 0.6 is 0 Å². The van der Waals surface area contributed by atoms with Crippen LogP contribution in [0.5, 0.6) is 0 Å². The first-order valence-electron chi connectivity index (χ1n) is 27.5. The fourth-order valence-corrected chi connectivity index (χ4v) is 16.4. The zero-order valence-electron chi connectivity index (χ0n) is 44.9. The van der Waals surface area contributed by atoms with E-state index >= 15 is 0 Å². The molecule has 0 spiro atoms. The maximum atomic E-state index is 14.8. The second-order valence-electron chi connectivity index (χ2n) is 25.6. The van der Waals surface area contributed by atoms with E-state index in [9.17, 15) is 86.2 Å². The monoisotopic (exact) mass is 1120 g/mol. The van der Waals surface area contributed by atoms with Crippen LogP contribution in [-0.4, -0.2) is 244 Å². The molecule has 29 atom stereocenters. The largest absolute Gasteiger partial charge is 0.481 e. The lowest BCUT2D eigenvalue weighted by Crippen LogP contribution is -2.68. The quantitative estimate of drug-likeness (QED) is 0.0515. The number of aliphatic carboxylic acids is 1. The Morgan fingerprint density at radius 2 is 1.15 bits per heavy atom. The van der Waals surface area contributed by atoms with Crippen LogP contribution < -0.4 is 0 Å². The number of ether oxygens (including phenoxy) is 8. The molecule has 4 heterocycles. The van der Waals surface area contributed by atoms with Crippen LogP contribution in [0.1, 0.15) is 99.3 Å². The summed E-state index contributed by atoms with van der Waals surface area (Å²) in [6.45, 7) is 9.65. The van der Waals surface area contributed by atoms with Crippen LogP contribution in [0.3, 0.4) is 0 Å². The maximum Gasteiger partial charge on any atom is 0.317 e. The van der Waals surface area contributed by atoms with Gasteiger partial charge >= 0.3 is 11.9 Å². The number of aliphatic hydroxyl groups excluding tert-OH is 14. The minimum Gasteiger partial charge on any atom is -0.481 e. The van der Waals surface area contributed by atoms with E-state index in [-0.39, 0.29) is 42.9 Å². The summed E-state index contributed by atoms with van der Waals surface area (Å²) in [7, 11) is 0. The molecule has 4 saturated carbocycles. The van der Waals surface area contributed by atoms with Crippen LogP contribution in [0.4, 0.5) is 0 Å². The molecule has 5 aliphatic carbocycles. The van der Waals surface area contributed by atoms with E-state index in [1.807, 2.05) is 0 Å². The molecule has 0 bridgehead atoms. The molecular formula is C53H84O25. The van der Waals surface area contributed by atoms with E-state index < -0.39 is 200 Å². The average Bonchev–Trinajstić information content (AvgIpc) is 2.20. The summed E-state index contributed by atoms with van der Waals surface area (Å²) < 4.78 is 47.2. The highest BCUT2D eigenvalue weighted by atomic mass is 16.8. The number of fused-ring (bicyclic) bond motifs is 7. The number of allylic oxidation sites excluding steroid dienone is 2. The lowest BCUT2D eigenvalue weighted by molar-refractivity contribution is -0.387. The van der Waals surface area contributed by atoms with Gasteiger partial charge in [0.15, 0.2) is 18.9 Å². The van der Waals surface area contributed by atoms with E-state index in [4.69, 9.17) is 37.9 Å². The third kappa shape index (κ3) is 9.43. The third-order valence-corrected chi connectivity index (χ3v) is 21.3. The SMILES string of the molecule is CC1(C)C(O[C@@H]2OC[C@@H](O)[C@H](O[C@@H]3O[C@H](CO)[C@@H](O)[C@H](O)[C@H]3O[C@@H]3O[C@H](CO)[C@@H](O)[C@H](O)[C@H]3O)[C@H]2O)CC[C@@]2(C)C1CC[C@]1(C)C2CC=C2C3C[C@@](C)(C(=O)O)CCC3(C(=O)O[C@@H]3O[C@H](CO)[C@H](O)[C@H](O)[C@H]3O)[C@H](O)C[C@]21C. The van der Waals surface area contributed by atoms with E-state index in [1.54, 1.807) is 6.92 Å². The van der Waals surface area contributed by atoms with Crippen LogP contribution in [0, 0.1) is 50.2 Å². The van der Waals surface area contributed by atoms with Gasteiger partial charge in [-0.25, -0.2) is 0 Å². The number of carboxylic acids is 1. The molecule has 5 unspecified atom stereocenters. The predicted molar refractivity (Wildman–Crippen MR) is 260 cm³/mol. The first kappa shape index (κ1) is 60.4. The van der Waals surface area contributed by atoms with Gasteiger partial charge in [0.25, 0.3) is 0 Å². The molecule has 0 radical (unpaired) electrons. The van der Waals surface area contributed by atoms with Crippen LogP contribution in [0.2, 0.25) is 0 Å². The Kier molecular flexibility index (Phi) is 16.9. The molecule has 15 N–H and O–H groups in total. The van der Waals surface area contributed by atoms with Gasteiger partial charge in [0.05, 0.1) is 44.1 Å². The van der Waals surface area contributed by atoms with Gasteiger partial charge in [0.1, 0.15) is 97.0 Å². The standard InChI is InChI=1S/C53H84O25/c1-48(2)27-9-12-51(5)28(8-7-21-22-15-49(3,46(68)69)13-14-53(22,29(58)16-52(21,51)6)47(70)78-44-38(66)35(63)32(60)25(18-55)73-44)50(27,4)11-10-30(48)75-42-39(67)40(23(57)20-71-42)76-45-41(36(64)33(61)26(19-56)74-45)77-43-37(65)34(62)31(59)24(17-54)72-43/h7,22-45,54-67H,8-20H2,1-6H3,(H,68,69)/t22?,23-,24-,25-,26-,27?,28?,29-,30?,31-,32+,33-,34+,35+,36+,37-,38-,39-,40+,41-,42+,43+,44+,45+,49+,50+,51-,52-,53?/m1/s1. The average molecular weight is 1120 g/mol. The molecule has 78 heavy (non-hydrogen) atoms. The van der Waals surface area contributed by atoms with Crippen molar-refractivity contribution in [1.29, 1.82) is 0 Å². The predicted octanol–water partition coefficient (Wildman–Crippen LogP) is -3.36. The van der Waals surface area contributed by atoms with Crippen LogP contribution in [0.15, 0.2) is 11.6 Å². The van der Waals surface area contributed by atoms with Crippen molar-refractivity contribution in [1.82, 2.24) is 0 Å². The van der Waals surface area contributed by atoms with Crippen molar-refractivity contribution in [3.8, 4) is 0 Å². The summed E-state index contributed by atoms with van der Waals surface area (Å²) in [4.78, 5) is 27.8. The number of aliphatic hydroxyl groups is 14. The molecule has 446 valence electrons. The molecule has 25 heteroatoms. The summed E-state index contributed by atoms with van der Waals surface area (Å²) in [5, 5.41) is 161. The molecule has 4 aliphatic heterocycles. The third-order valence-electron chi connectivity index (χ3n) is 21.3. The topological polar surface area (TPSA) is 411 Å². The second kappa shape index (κ2) is 21.8. The van der Waals surface area contributed by atoms with Gasteiger partial charge in [-0.05, 0) is 98.2 Å². The number of hydrogen-bond acceptors (Lipinski definition) is 24. The summed E-state index contributed by atoms with van der Waals surface area (Å²) >= 11 is 0. The fraction of sp³-hybridized carbons (Fsp3) is 0.925. The number of carbonyl (C=O) groups excluding carboxylic acids is 1. The zero-order valence-corrected chi connectivity index (χ0v) is 44.9. The maximum absolute atomic E-state index is 14.8. The highest BCUT2D eigenvalue weighted by Crippen LogP contribution is 2.76. The van der Waals surface area contributed by atoms with Crippen molar-refractivity contribution < 1.29 is 124 Å². The summed E-state index contributed by atoms with van der Waals surface area (Å²) in [6.07, 6.45) is -29.0. The van der Waals surface area contributed by atoms with Gasteiger partial charge in [0, 0.05) is 5.92 Å². The Labute approximate surface area is 451 Å². The van der Waals surface area contributed by atoms with E-state index in [1.165, 1.54) is 0 Å². The van der Waals surface area contributed by atoms with Crippen molar-refractivity contribution >= 4 is 11.9 Å². The van der Waals surface area contributed by atoms with Gasteiger partial charge in [-0.1, -0.05) is 46.3 Å². The highest BCUT2D eigenvalue weighted by molar-refractivity contribution is 5.81. The van der Waals surface area contributed by atoms with Gasteiger partial charge < -0.3 is 114 Å². The number of esters is 1. The number of hydrogen-bond donors (Lipinski definition) is 15. The Bertz CT molecular complexity index is 2200. The van der Waals surface area contributed by atoms with Gasteiger partial charge in [0.2, 0.25) is 6.29 Å². The van der Waals surface area contributed by atoms with Crippen molar-refractivity contribution in [3.05, 3.63) is 11.6 Å². The fourth-order valence-electron chi connectivity index (χ4n) is 16.4. The van der Waals surface area contributed by atoms with Crippen molar-refractivity contribution in [2.24, 2.45) is 50.2 Å². The molecule has 8 fully saturated rings. The summed E-state index contributed by atoms with van der Waals surface area (Å²) in [5.41, 5.74) is -4.34. The highest BCUT2D eigenvalue weighted by Gasteiger charge is 2.73. The Balaban J connectivity index is 0.939. The van der Waals surface area contributed by atoms with Gasteiger partial charge in [-0.2, -0.15) is 0 Å². The Morgan fingerprint density at radius 1 is 0.590 bits per heavy atom. The van der Waals surface area contributed by atoms with Gasteiger partial charge in [-0.3, -0.25) is 9.59 Å². The molecule has 0 aromatic carbocycles. The van der Waals surface area contributed by atoms with Crippen molar-refractivity contribution in [3.63, 3.8) is 0 Å². The van der Waals surface area contributed by atoms with Crippen molar-refractivity contribution in [2.75, 3.05) is 26.4 Å². The lowest BCUT2D eigenvalue weighted by Gasteiger charge is -2.71. The first-order chi connectivity index (χ1) is 36.5. The summed E-state index contributed by atoms with van der Waals surface area (Å²) in [6, 6.07) is 0. The molecule has 9 rings (SSSR count). The molecule has 0 aromatic heterocycles. The molecule has 9 aliphatic rings. The minimum absolute atomic E-state index is 0.00245. The second-order valence-corrected chi connectivity index (χ2v) is 25.6. The van der Waals surface area contributed by atoms with Gasteiger partial charge in [-0.15, -0.1) is 0 Å². The zero-order chi connectivity index (χ0) is 57.1. The summed E-state index contributed by atoms with van der Waals surface area (Å²) in [5.74, 6) is -2.81. The number of rotatable bonds is 12. The molecule has 25 nitrogen and oxygen atoms in total. The van der Waals surface area contributed by atoms with E-state index in [0.29, 0.717) is 32.1 Å². The van der Waals surface area contributed by atoms with Crippen LogP contribution in [0.25, 0.3) is 0 Å². The lowest BCUT2D eigenvalue weighted by atomic mass is 9.33. The normalized spacial score (nSPS) is 54.1. The number of carbonyl (C=O) groups is 2. The number of carboxylic acid groups (broad SMARTS) is 1. The van der Waals surface area contributed by atoms with Crippen LogP contribution in [-0.2, 0) is 47.5 Å². The smallest absolute Gasteiger partial charge is 0.317 e. The molecular weight excluding hydrogens is 1040 g/mol. The Morgan fingerprint density at radius 3 is 1.76 bits per heavy atom. The van der Waals surface area contributed by atoms with E-state index in [2.05, 4.69) is 40.7 Å². The van der Waals surface area contributed by atoms with E-state index in [0.717, 1.165) is 5.57 Å². The first-order valence-corrected chi connectivity index (χ1v) is 27.5. The Hall–Kier alpha value is -2.16. The molecule has 0 amide bonds.